The van der Waals surface area contributed by atoms with Crippen molar-refractivity contribution in [3.05, 3.63) is 41.5 Å². The number of piperidine rings is 1. The smallest absolute Gasteiger partial charge is 0.248 e. The molecule has 1 fully saturated rings. The van der Waals surface area contributed by atoms with Gasteiger partial charge in [-0.05, 0) is 44.9 Å². The van der Waals surface area contributed by atoms with Crippen molar-refractivity contribution in [2.24, 2.45) is 5.73 Å². The highest BCUT2D eigenvalue weighted by molar-refractivity contribution is 5.93. The molecule has 2 rings (SSSR count). The van der Waals surface area contributed by atoms with Crippen LogP contribution in [0.1, 0.15) is 37.0 Å². The zero-order chi connectivity index (χ0) is 15.2. The van der Waals surface area contributed by atoms with Gasteiger partial charge in [0.2, 0.25) is 5.91 Å². The quantitative estimate of drug-likeness (QED) is 0.819. The highest BCUT2D eigenvalue weighted by atomic mass is 16.1. The van der Waals surface area contributed by atoms with E-state index in [0.29, 0.717) is 11.6 Å². The Morgan fingerprint density at radius 2 is 2.10 bits per heavy atom. The molecule has 0 radical (unpaired) electrons. The van der Waals surface area contributed by atoms with Crippen LogP contribution in [0.3, 0.4) is 0 Å². The molecule has 0 atom stereocenters. The zero-order valence-corrected chi connectivity index (χ0v) is 12.9. The lowest BCUT2D eigenvalue weighted by Crippen LogP contribution is -2.39. The third-order valence-electron chi connectivity index (χ3n) is 3.86. The molecule has 1 heterocycles. The second kappa shape index (κ2) is 7.27. The summed E-state index contributed by atoms with van der Waals surface area (Å²) in [4.78, 5) is 13.7. The van der Waals surface area contributed by atoms with E-state index in [2.05, 4.69) is 30.1 Å². The summed E-state index contributed by atoms with van der Waals surface area (Å²) in [7, 11) is 0. The third kappa shape index (κ3) is 4.90. The van der Waals surface area contributed by atoms with Gasteiger partial charge < -0.3 is 11.1 Å². The minimum absolute atomic E-state index is 0.379. The molecule has 0 unspecified atom stereocenters. The summed E-state index contributed by atoms with van der Waals surface area (Å²) >= 11 is 0. The van der Waals surface area contributed by atoms with Gasteiger partial charge in [0, 0.05) is 36.9 Å². The van der Waals surface area contributed by atoms with E-state index < -0.39 is 0 Å². The molecule has 1 amide bonds. The van der Waals surface area contributed by atoms with Crippen LogP contribution < -0.4 is 11.1 Å². The van der Waals surface area contributed by atoms with Gasteiger partial charge in [-0.15, -0.1) is 0 Å². The largest absolute Gasteiger partial charge is 0.382 e. The summed E-state index contributed by atoms with van der Waals surface area (Å²) in [6.45, 7) is 7.54. The summed E-state index contributed by atoms with van der Waals surface area (Å²) in [5.74, 6) is -0.379. The van der Waals surface area contributed by atoms with Crippen LogP contribution in [0.25, 0.3) is 0 Å². The molecule has 0 aromatic heterocycles. The number of allylic oxidation sites excluding steroid dienone is 1. The van der Waals surface area contributed by atoms with Gasteiger partial charge in [0.15, 0.2) is 0 Å². The molecule has 0 spiro atoms. The first-order chi connectivity index (χ1) is 10.0. The third-order valence-corrected chi connectivity index (χ3v) is 3.86. The number of benzene rings is 1. The van der Waals surface area contributed by atoms with Crippen molar-refractivity contribution in [3.63, 3.8) is 0 Å². The number of carbonyl (C=O) groups is 1. The van der Waals surface area contributed by atoms with Gasteiger partial charge in [0.05, 0.1) is 0 Å². The number of hydrogen-bond acceptors (Lipinski definition) is 3. The SMILES string of the molecule is CC(C)=CCN1CCC(Nc2cccc(C(N)=O)c2)CC1. The van der Waals surface area contributed by atoms with Gasteiger partial charge in [-0.3, -0.25) is 9.69 Å². The van der Waals surface area contributed by atoms with E-state index in [1.54, 1.807) is 6.07 Å². The number of rotatable bonds is 5. The number of amides is 1. The Morgan fingerprint density at radius 3 is 2.71 bits per heavy atom. The van der Waals surface area contributed by atoms with E-state index in [4.69, 9.17) is 5.73 Å². The summed E-state index contributed by atoms with van der Waals surface area (Å²) in [5, 5.41) is 3.51. The molecule has 0 aliphatic carbocycles. The molecule has 1 aliphatic rings. The van der Waals surface area contributed by atoms with E-state index in [9.17, 15) is 4.79 Å². The fourth-order valence-corrected chi connectivity index (χ4v) is 2.57. The lowest BCUT2D eigenvalue weighted by molar-refractivity contribution is 0.100. The lowest BCUT2D eigenvalue weighted by atomic mass is 10.0. The van der Waals surface area contributed by atoms with Gasteiger partial charge >= 0.3 is 0 Å². The standard InChI is InChI=1S/C17H25N3O/c1-13(2)6-9-20-10-7-15(8-11-20)19-16-5-3-4-14(12-16)17(18)21/h3-6,12,15,19H,7-11H2,1-2H3,(H2,18,21). The lowest BCUT2D eigenvalue weighted by Gasteiger charge is -2.32. The van der Waals surface area contributed by atoms with Crippen molar-refractivity contribution in [2.45, 2.75) is 32.7 Å². The average molecular weight is 287 g/mol. The number of carbonyl (C=O) groups excluding carboxylic acids is 1. The Kier molecular flexibility index (Phi) is 5.39. The number of hydrogen-bond donors (Lipinski definition) is 2. The molecule has 4 nitrogen and oxygen atoms in total. The maximum Gasteiger partial charge on any atom is 0.248 e. The van der Waals surface area contributed by atoms with E-state index >= 15 is 0 Å². The summed E-state index contributed by atoms with van der Waals surface area (Å²) in [6.07, 6.45) is 4.53. The van der Waals surface area contributed by atoms with Gasteiger partial charge in [-0.1, -0.05) is 17.7 Å². The molecule has 114 valence electrons. The number of nitrogens with two attached hydrogens (primary N) is 1. The monoisotopic (exact) mass is 287 g/mol. The Balaban J connectivity index is 1.84. The van der Waals surface area contributed by atoms with E-state index in [0.717, 1.165) is 38.2 Å². The normalized spacial score (nSPS) is 16.5. The molecular weight excluding hydrogens is 262 g/mol. The predicted octanol–water partition coefficient (Wildman–Crippen LogP) is 2.63. The minimum Gasteiger partial charge on any atom is -0.382 e. The molecule has 1 aromatic rings. The maximum atomic E-state index is 11.2. The predicted molar refractivity (Wildman–Crippen MR) is 87.5 cm³/mol. The first-order valence-electron chi connectivity index (χ1n) is 7.56. The molecule has 1 aliphatic heterocycles. The average Bonchev–Trinajstić information content (AvgIpc) is 2.47. The highest BCUT2D eigenvalue weighted by Crippen LogP contribution is 2.17. The van der Waals surface area contributed by atoms with Crippen LogP contribution in [0.4, 0.5) is 5.69 Å². The van der Waals surface area contributed by atoms with Gasteiger partial charge in [0.25, 0.3) is 0 Å². The van der Waals surface area contributed by atoms with Crippen molar-refractivity contribution < 1.29 is 4.79 Å². The number of likely N-dealkylation sites (tertiary alicyclic amines) is 1. The fraction of sp³-hybridized carbons (Fsp3) is 0.471. The second-order valence-electron chi connectivity index (χ2n) is 5.95. The Labute approximate surface area is 127 Å². The molecular formula is C17H25N3O. The molecule has 4 heteroatoms. The molecule has 3 N–H and O–H groups in total. The van der Waals surface area contributed by atoms with Crippen LogP contribution in [-0.4, -0.2) is 36.5 Å². The molecule has 0 bridgehead atoms. The first-order valence-corrected chi connectivity index (χ1v) is 7.56. The maximum absolute atomic E-state index is 11.2. The minimum atomic E-state index is -0.379. The number of nitrogens with one attached hydrogen (secondary N) is 1. The zero-order valence-electron chi connectivity index (χ0n) is 12.9. The Morgan fingerprint density at radius 1 is 1.38 bits per heavy atom. The molecule has 1 aromatic carbocycles. The number of anilines is 1. The second-order valence-corrected chi connectivity index (χ2v) is 5.95. The number of primary amides is 1. The van der Waals surface area contributed by atoms with Crippen LogP contribution in [0.2, 0.25) is 0 Å². The van der Waals surface area contributed by atoms with Crippen LogP contribution in [0, 0.1) is 0 Å². The summed E-state index contributed by atoms with van der Waals surface area (Å²) in [5.41, 5.74) is 8.22. The van der Waals surface area contributed by atoms with Gasteiger partial charge in [-0.25, -0.2) is 0 Å². The van der Waals surface area contributed by atoms with Gasteiger partial charge in [-0.2, -0.15) is 0 Å². The molecule has 21 heavy (non-hydrogen) atoms. The van der Waals surface area contributed by atoms with Crippen molar-refractivity contribution >= 4 is 11.6 Å². The first kappa shape index (κ1) is 15.6. The van der Waals surface area contributed by atoms with Crippen molar-refractivity contribution in [1.82, 2.24) is 4.90 Å². The van der Waals surface area contributed by atoms with Crippen LogP contribution in [-0.2, 0) is 0 Å². The fourth-order valence-electron chi connectivity index (χ4n) is 2.57. The van der Waals surface area contributed by atoms with Crippen molar-refractivity contribution in [3.8, 4) is 0 Å². The summed E-state index contributed by atoms with van der Waals surface area (Å²) in [6, 6.07) is 7.90. The Bertz CT molecular complexity index is 513. The topological polar surface area (TPSA) is 58.4 Å². The molecule has 1 saturated heterocycles. The van der Waals surface area contributed by atoms with E-state index in [-0.39, 0.29) is 5.91 Å². The van der Waals surface area contributed by atoms with Gasteiger partial charge in [0.1, 0.15) is 0 Å². The van der Waals surface area contributed by atoms with Crippen molar-refractivity contribution in [2.75, 3.05) is 25.0 Å². The van der Waals surface area contributed by atoms with E-state index in [1.807, 2.05) is 18.2 Å². The van der Waals surface area contributed by atoms with Crippen LogP contribution in [0.15, 0.2) is 35.9 Å². The molecule has 0 saturated carbocycles. The van der Waals surface area contributed by atoms with Crippen molar-refractivity contribution in [1.29, 1.82) is 0 Å². The summed E-state index contributed by atoms with van der Waals surface area (Å²) < 4.78 is 0. The Hall–Kier alpha value is -1.81. The number of nitrogens with zero attached hydrogens (tertiary/aromatic N) is 1. The van der Waals surface area contributed by atoms with Crippen LogP contribution in [0.5, 0.6) is 0 Å². The van der Waals surface area contributed by atoms with Crippen LogP contribution >= 0.6 is 0 Å². The van der Waals surface area contributed by atoms with E-state index in [1.165, 1.54) is 5.57 Å². The highest BCUT2D eigenvalue weighted by Gasteiger charge is 2.18.